The highest BCUT2D eigenvalue weighted by Crippen LogP contribution is 2.31. The first-order chi connectivity index (χ1) is 8.56. The largest absolute Gasteiger partial charge is 0.481 e. The van der Waals surface area contributed by atoms with Crippen LogP contribution in [-0.4, -0.2) is 23.7 Å². The molecule has 1 rings (SSSR count). The van der Waals surface area contributed by atoms with Gasteiger partial charge < -0.3 is 10.4 Å². The van der Waals surface area contributed by atoms with Gasteiger partial charge in [-0.05, 0) is 50.4 Å². The van der Waals surface area contributed by atoms with Gasteiger partial charge in [-0.2, -0.15) is 0 Å². The molecule has 0 aromatic heterocycles. The van der Waals surface area contributed by atoms with Crippen molar-refractivity contribution in [2.75, 3.05) is 6.54 Å². The van der Waals surface area contributed by atoms with E-state index in [-0.39, 0.29) is 5.92 Å². The second-order valence-corrected chi connectivity index (χ2v) is 5.83. The van der Waals surface area contributed by atoms with Crippen LogP contribution in [0.4, 0.5) is 0 Å². The zero-order valence-electron chi connectivity index (χ0n) is 12.2. The van der Waals surface area contributed by atoms with Crippen LogP contribution in [0.2, 0.25) is 0 Å². The molecule has 0 aromatic carbocycles. The molecule has 3 heteroatoms. The second kappa shape index (κ2) is 7.13. The summed E-state index contributed by atoms with van der Waals surface area (Å²) in [6.07, 6.45) is 7.37. The third-order valence-corrected chi connectivity index (χ3v) is 5.09. The molecule has 0 aliphatic heterocycles. The lowest BCUT2D eigenvalue weighted by atomic mass is 9.79. The van der Waals surface area contributed by atoms with E-state index >= 15 is 0 Å². The molecule has 0 spiro atoms. The first-order valence-electron chi connectivity index (χ1n) is 7.53. The predicted molar refractivity (Wildman–Crippen MR) is 74.7 cm³/mol. The van der Waals surface area contributed by atoms with Crippen LogP contribution in [0.3, 0.4) is 0 Å². The SMILES string of the molecule is CCC(CC)(CC)CNC1CCC(C(=O)O)CC1. The van der Waals surface area contributed by atoms with Crippen LogP contribution in [-0.2, 0) is 4.79 Å². The van der Waals surface area contributed by atoms with Crippen LogP contribution in [0, 0.1) is 11.3 Å². The molecule has 106 valence electrons. The summed E-state index contributed by atoms with van der Waals surface area (Å²) in [5.74, 6) is -0.713. The van der Waals surface area contributed by atoms with E-state index in [0.29, 0.717) is 11.5 Å². The number of carboxylic acid groups (broad SMARTS) is 1. The molecule has 0 amide bonds. The fraction of sp³-hybridized carbons (Fsp3) is 0.933. The molecule has 0 saturated heterocycles. The number of nitrogens with one attached hydrogen (secondary N) is 1. The minimum atomic E-state index is -0.613. The molecule has 1 aliphatic carbocycles. The minimum absolute atomic E-state index is 0.101. The number of hydrogen-bond donors (Lipinski definition) is 2. The summed E-state index contributed by atoms with van der Waals surface area (Å²) in [7, 11) is 0. The molecule has 0 heterocycles. The van der Waals surface area contributed by atoms with Crippen molar-refractivity contribution in [1.29, 1.82) is 0 Å². The third kappa shape index (κ3) is 3.98. The molecular formula is C15H29NO2. The molecule has 0 atom stereocenters. The van der Waals surface area contributed by atoms with Crippen LogP contribution >= 0.6 is 0 Å². The number of carboxylic acids is 1. The minimum Gasteiger partial charge on any atom is -0.481 e. The first kappa shape index (κ1) is 15.5. The molecule has 1 fully saturated rings. The molecular weight excluding hydrogens is 226 g/mol. The topological polar surface area (TPSA) is 49.3 Å². The molecule has 1 saturated carbocycles. The van der Waals surface area contributed by atoms with Gasteiger partial charge in [-0.25, -0.2) is 0 Å². The van der Waals surface area contributed by atoms with Crippen LogP contribution < -0.4 is 5.32 Å². The van der Waals surface area contributed by atoms with Crippen LogP contribution in [0.5, 0.6) is 0 Å². The van der Waals surface area contributed by atoms with Gasteiger partial charge in [0.2, 0.25) is 0 Å². The summed E-state index contributed by atoms with van der Waals surface area (Å²) in [4.78, 5) is 10.9. The summed E-state index contributed by atoms with van der Waals surface area (Å²) in [6.45, 7) is 7.90. The van der Waals surface area contributed by atoms with Gasteiger partial charge in [0.15, 0.2) is 0 Å². The van der Waals surface area contributed by atoms with Crippen LogP contribution in [0.25, 0.3) is 0 Å². The van der Waals surface area contributed by atoms with E-state index in [0.717, 1.165) is 32.2 Å². The highest BCUT2D eigenvalue weighted by molar-refractivity contribution is 5.70. The lowest BCUT2D eigenvalue weighted by Gasteiger charge is -2.35. The normalized spacial score (nSPS) is 25.1. The van der Waals surface area contributed by atoms with E-state index in [9.17, 15) is 4.79 Å². The Labute approximate surface area is 111 Å². The Kier molecular flexibility index (Phi) is 6.13. The van der Waals surface area contributed by atoms with Crippen molar-refractivity contribution in [2.24, 2.45) is 11.3 Å². The van der Waals surface area contributed by atoms with Crippen molar-refractivity contribution in [1.82, 2.24) is 5.32 Å². The maximum absolute atomic E-state index is 10.9. The average molecular weight is 255 g/mol. The van der Waals surface area contributed by atoms with Gasteiger partial charge in [0.05, 0.1) is 5.92 Å². The van der Waals surface area contributed by atoms with Crippen molar-refractivity contribution < 1.29 is 9.90 Å². The van der Waals surface area contributed by atoms with Gasteiger partial charge in [0.25, 0.3) is 0 Å². The quantitative estimate of drug-likeness (QED) is 0.732. The summed E-state index contributed by atoms with van der Waals surface area (Å²) in [5.41, 5.74) is 0.434. The van der Waals surface area contributed by atoms with Gasteiger partial charge in [-0.1, -0.05) is 20.8 Å². The first-order valence-corrected chi connectivity index (χ1v) is 7.53. The predicted octanol–water partition coefficient (Wildman–Crippen LogP) is 3.44. The van der Waals surface area contributed by atoms with Crippen molar-refractivity contribution in [3.8, 4) is 0 Å². The fourth-order valence-electron chi connectivity index (χ4n) is 3.03. The van der Waals surface area contributed by atoms with Gasteiger partial charge in [-0.15, -0.1) is 0 Å². The number of carbonyl (C=O) groups is 1. The Balaban J connectivity index is 2.35. The average Bonchev–Trinajstić information content (AvgIpc) is 2.41. The smallest absolute Gasteiger partial charge is 0.306 e. The van der Waals surface area contributed by atoms with Crippen molar-refractivity contribution in [3.05, 3.63) is 0 Å². The van der Waals surface area contributed by atoms with E-state index in [2.05, 4.69) is 26.1 Å². The van der Waals surface area contributed by atoms with E-state index in [1.54, 1.807) is 0 Å². The molecule has 3 nitrogen and oxygen atoms in total. The van der Waals surface area contributed by atoms with Crippen molar-refractivity contribution >= 4 is 5.97 Å². The Hall–Kier alpha value is -0.570. The molecule has 2 N–H and O–H groups in total. The lowest BCUT2D eigenvalue weighted by Crippen LogP contribution is -2.41. The molecule has 0 unspecified atom stereocenters. The van der Waals surface area contributed by atoms with Crippen molar-refractivity contribution in [2.45, 2.75) is 71.8 Å². The molecule has 0 bridgehead atoms. The van der Waals surface area contributed by atoms with Gasteiger partial charge in [0.1, 0.15) is 0 Å². The molecule has 0 radical (unpaired) electrons. The van der Waals surface area contributed by atoms with E-state index in [1.807, 2.05) is 0 Å². The second-order valence-electron chi connectivity index (χ2n) is 5.83. The van der Waals surface area contributed by atoms with E-state index in [4.69, 9.17) is 5.11 Å². The highest BCUT2D eigenvalue weighted by atomic mass is 16.4. The zero-order chi connectivity index (χ0) is 13.6. The Morgan fingerprint density at radius 2 is 1.61 bits per heavy atom. The van der Waals surface area contributed by atoms with E-state index < -0.39 is 5.97 Å². The van der Waals surface area contributed by atoms with Crippen LogP contribution in [0.15, 0.2) is 0 Å². The summed E-state index contributed by atoms with van der Waals surface area (Å²) in [5, 5.41) is 12.7. The van der Waals surface area contributed by atoms with E-state index in [1.165, 1.54) is 19.3 Å². The summed E-state index contributed by atoms with van der Waals surface area (Å²) >= 11 is 0. The zero-order valence-corrected chi connectivity index (χ0v) is 12.2. The molecule has 0 aromatic rings. The van der Waals surface area contributed by atoms with Crippen LogP contribution in [0.1, 0.15) is 65.7 Å². The van der Waals surface area contributed by atoms with Crippen molar-refractivity contribution in [3.63, 3.8) is 0 Å². The number of hydrogen-bond acceptors (Lipinski definition) is 2. The standard InChI is InChI=1S/C15H29NO2/c1-4-15(5-2,6-3)11-16-13-9-7-12(8-10-13)14(17)18/h12-13,16H,4-11H2,1-3H3,(H,17,18). The van der Waals surface area contributed by atoms with Gasteiger partial charge in [-0.3, -0.25) is 4.79 Å². The number of aliphatic carboxylic acids is 1. The van der Waals surface area contributed by atoms with Gasteiger partial charge in [0, 0.05) is 12.6 Å². The maximum atomic E-state index is 10.9. The summed E-state index contributed by atoms with van der Waals surface area (Å²) in [6, 6.07) is 0.532. The molecule has 18 heavy (non-hydrogen) atoms. The third-order valence-electron chi connectivity index (χ3n) is 5.09. The maximum Gasteiger partial charge on any atom is 0.306 e. The highest BCUT2D eigenvalue weighted by Gasteiger charge is 2.28. The Morgan fingerprint density at radius 1 is 1.11 bits per heavy atom. The number of rotatable bonds is 7. The monoisotopic (exact) mass is 255 g/mol. The fourth-order valence-corrected chi connectivity index (χ4v) is 3.03. The molecule has 1 aliphatic rings. The van der Waals surface area contributed by atoms with Gasteiger partial charge >= 0.3 is 5.97 Å². The Morgan fingerprint density at radius 3 is 2.00 bits per heavy atom. The Bertz CT molecular complexity index is 245. The lowest BCUT2D eigenvalue weighted by molar-refractivity contribution is -0.142. The summed E-state index contributed by atoms with van der Waals surface area (Å²) < 4.78 is 0.